The number of aromatic nitrogens is 4. The summed E-state index contributed by atoms with van der Waals surface area (Å²) in [6.45, 7) is 1.51. The Bertz CT molecular complexity index is 2760. The fourth-order valence-corrected chi connectivity index (χ4v) is 10.3. The van der Waals surface area contributed by atoms with Gasteiger partial charge in [-0.25, -0.2) is 28.6 Å². The molecule has 0 spiro atoms. The van der Waals surface area contributed by atoms with Crippen molar-refractivity contribution >= 4 is 91.5 Å². The number of phosphoric ester groups is 3. The second-order valence-electron chi connectivity index (χ2n) is 15.9. The van der Waals surface area contributed by atoms with Crippen LogP contribution < -0.4 is 16.4 Å². The van der Waals surface area contributed by atoms with Crippen LogP contribution in [0.25, 0.3) is 21.9 Å². The van der Waals surface area contributed by atoms with Crippen LogP contribution in [0.4, 0.5) is 5.82 Å². The molecule has 0 radical (unpaired) electrons. The Morgan fingerprint density at radius 3 is 2.38 bits per heavy atom. The second-order valence-corrected chi connectivity index (χ2v) is 21.3. The standard InChI is InChI=1S/C37H48N7O21P3S/c1-18-11-19-5-4-6-21(46)27(19)29(50)26(18)22(47)12-20(45)13-25(49)69-10-9-39-24(48)7-8-40-35(53)32(52)37(2,3)15-62-68(59,60)65-67(57,58)61-14-23-31(64-66(54,55)56)30(51)36(63-23)44-17-43-28-33(38)41-16-42-34(28)44/h4-6,11,16-17,23,30-32,36,46,50-52H,7-10,12-15H2,1-3H3,(H,39,48)(H,40,53)(H,57,58)(H,59,60)(H2,38,41,42)(H2,54,55,56)/t23-,30-,31-,32-,36-/m1/s1. The van der Waals surface area contributed by atoms with Crippen molar-refractivity contribution in [1.82, 2.24) is 30.2 Å². The number of fused-ring (bicyclic) bond motifs is 2. The first kappa shape index (κ1) is 55.1. The van der Waals surface area contributed by atoms with Crippen LogP contribution in [0.2, 0.25) is 0 Å². The molecule has 2 aromatic carbocycles. The monoisotopic (exact) mass is 1050 g/mol. The molecule has 2 aromatic heterocycles. The number of anilines is 1. The van der Waals surface area contributed by atoms with Crippen LogP contribution in [-0.2, 0) is 55.5 Å². The topological polar surface area (TPSA) is 438 Å². The van der Waals surface area contributed by atoms with Gasteiger partial charge in [-0.1, -0.05) is 43.8 Å². The van der Waals surface area contributed by atoms with E-state index >= 15 is 0 Å². The highest BCUT2D eigenvalue weighted by Crippen LogP contribution is 2.61. The fraction of sp³-hybridized carbons (Fsp3) is 0.459. The Labute approximate surface area is 394 Å². The molecule has 2 amide bonds. The number of nitrogens with zero attached hydrogens (tertiary/aromatic N) is 4. The molecule has 7 atom stereocenters. The van der Waals surface area contributed by atoms with Gasteiger partial charge < -0.3 is 61.1 Å². The number of aliphatic hydroxyl groups excluding tert-OH is 2. The summed E-state index contributed by atoms with van der Waals surface area (Å²) in [5.41, 5.74) is 4.37. The van der Waals surface area contributed by atoms with Crippen molar-refractivity contribution in [3.63, 3.8) is 0 Å². The predicted molar refractivity (Wildman–Crippen MR) is 238 cm³/mol. The first-order valence-electron chi connectivity index (χ1n) is 20.1. The Morgan fingerprint density at radius 1 is 0.986 bits per heavy atom. The number of carbonyl (C=O) groups excluding carboxylic acids is 5. The Kier molecular flexibility index (Phi) is 18.0. The highest BCUT2D eigenvalue weighted by molar-refractivity contribution is 8.13. The smallest absolute Gasteiger partial charge is 0.481 e. The number of benzene rings is 2. The lowest BCUT2D eigenvalue weighted by molar-refractivity contribution is -0.137. The van der Waals surface area contributed by atoms with E-state index in [0.29, 0.717) is 22.7 Å². The lowest BCUT2D eigenvalue weighted by Gasteiger charge is -2.30. The van der Waals surface area contributed by atoms with E-state index < -0.39 is 120 Å². The molecule has 1 aliphatic heterocycles. The highest BCUT2D eigenvalue weighted by atomic mass is 32.2. The number of rotatable bonds is 24. The van der Waals surface area contributed by atoms with Gasteiger partial charge in [-0.3, -0.25) is 42.1 Å². The molecule has 5 rings (SSSR count). The number of hydrogen-bond donors (Lipinski definition) is 11. The van der Waals surface area contributed by atoms with E-state index in [1.54, 1.807) is 25.1 Å². The van der Waals surface area contributed by atoms with Gasteiger partial charge in [-0.05, 0) is 23.9 Å². The molecule has 12 N–H and O–H groups in total. The van der Waals surface area contributed by atoms with Gasteiger partial charge in [-0.15, -0.1) is 0 Å². The number of carbonyl (C=O) groups is 5. The fourth-order valence-electron chi connectivity index (χ4n) is 6.74. The summed E-state index contributed by atoms with van der Waals surface area (Å²) in [4.78, 5) is 114. The summed E-state index contributed by atoms with van der Waals surface area (Å²) in [6, 6.07) is 6.11. The van der Waals surface area contributed by atoms with Crippen molar-refractivity contribution in [3.05, 3.63) is 48.0 Å². The molecule has 0 bridgehead atoms. The predicted octanol–water partition coefficient (Wildman–Crippen LogP) is 0.770. The molecule has 0 aliphatic carbocycles. The lowest BCUT2D eigenvalue weighted by atomic mass is 9.87. The number of phenolic OH excluding ortho intramolecular Hbond substituents is 2. The lowest BCUT2D eigenvalue weighted by Crippen LogP contribution is -2.46. The number of phosphoric acid groups is 3. The quantitative estimate of drug-likeness (QED) is 0.0200. The minimum atomic E-state index is -5.63. The Hall–Kier alpha value is -4.80. The third-order valence-electron chi connectivity index (χ3n) is 10.1. The summed E-state index contributed by atoms with van der Waals surface area (Å²) >= 11 is 0.717. The summed E-state index contributed by atoms with van der Waals surface area (Å²) in [6.07, 6.45) is -8.58. The SMILES string of the molecule is Cc1cc2cccc(O)c2c(O)c1C(=O)CC(=O)CC(=O)SCCNC(=O)CCNC(=O)[C@@H](O)C(C)(C)COP(=O)(O)OP(=O)(O)OC[C@H]1O[C@@H](n2cnc3c(N)ncnc32)[C@H](O)[C@@H]1OP(=O)(O)O. The number of thioether (sulfide) groups is 1. The van der Waals surface area contributed by atoms with Crippen molar-refractivity contribution in [3.8, 4) is 11.5 Å². The second kappa shape index (κ2) is 22.5. The minimum Gasteiger partial charge on any atom is -0.507 e. The van der Waals surface area contributed by atoms with Crippen LogP contribution in [0.3, 0.4) is 0 Å². The zero-order valence-electron chi connectivity index (χ0n) is 36.5. The van der Waals surface area contributed by atoms with Crippen molar-refractivity contribution in [1.29, 1.82) is 0 Å². The number of nitrogens with two attached hydrogens (primary N) is 1. The van der Waals surface area contributed by atoms with Crippen LogP contribution in [0.5, 0.6) is 11.5 Å². The van der Waals surface area contributed by atoms with Gasteiger partial charge in [0.25, 0.3) is 0 Å². The zero-order valence-corrected chi connectivity index (χ0v) is 40.0. The molecular weight excluding hydrogens is 1000 g/mol. The van der Waals surface area contributed by atoms with E-state index in [1.807, 2.05) is 0 Å². The first-order valence-corrected chi connectivity index (χ1v) is 25.6. The van der Waals surface area contributed by atoms with Crippen LogP contribution in [0.15, 0.2) is 36.9 Å². The van der Waals surface area contributed by atoms with Crippen molar-refractivity contribution < 1.29 is 100 Å². The van der Waals surface area contributed by atoms with Crippen molar-refractivity contribution in [2.75, 3.05) is 37.8 Å². The van der Waals surface area contributed by atoms with Crippen LogP contribution >= 0.6 is 35.2 Å². The summed E-state index contributed by atoms with van der Waals surface area (Å²) in [5.74, 6) is -3.85. The number of phenols is 2. The van der Waals surface area contributed by atoms with Gasteiger partial charge in [0, 0.05) is 30.7 Å². The number of aryl methyl sites for hydroxylation is 1. The molecule has 32 heteroatoms. The maximum atomic E-state index is 12.9. The number of hydrogen-bond acceptors (Lipinski definition) is 22. The number of aromatic hydroxyl groups is 2. The van der Waals surface area contributed by atoms with Gasteiger partial charge in [-0.2, -0.15) is 4.31 Å². The van der Waals surface area contributed by atoms with E-state index in [4.69, 9.17) is 19.5 Å². The number of ether oxygens (including phenoxy) is 1. The molecule has 3 heterocycles. The molecule has 0 saturated carbocycles. The van der Waals surface area contributed by atoms with E-state index in [-0.39, 0.29) is 58.9 Å². The first-order chi connectivity index (χ1) is 32.1. The maximum absolute atomic E-state index is 12.9. The number of Topliss-reactive ketones (excluding diaryl/α,β-unsaturated/α-hetero) is 2. The third-order valence-corrected chi connectivity index (χ3v) is 14.0. The Balaban J connectivity index is 1.00. The molecule has 1 fully saturated rings. The summed E-state index contributed by atoms with van der Waals surface area (Å²) < 4.78 is 62.3. The van der Waals surface area contributed by atoms with Crippen molar-refractivity contribution in [2.24, 2.45) is 5.41 Å². The molecule has 69 heavy (non-hydrogen) atoms. The Morgan fingerprint density at radius 2 is 1.68 bits per heavy atom. The highest BCUT2D eigenvalue weighted by Gasteiger charge is 2.50. The molecule has 2 unspecified atom stereocenters. The number of imidazole rings is 1. The normalized spacial score (nSPS) is 19.7. The molecule has 378 valence electrons. The average molecular weight is 1050 g/mol. The number of ketones is 2. The summed E-state index contributed by atoms with van der Waals surface area (Å²) in [7, 11) is -16.5. The van der Waals surface area contributed by atoms with Crippen molar-refractivity contribution in [2.45, 2.75) is 70.7 Å². The third kappa shape index (κ3) is 14.6. The largest absolute Gasteiger partial charge is 0.507 e. The van der Waals surface area contributed by atoms with Gasteiger partial charge in [0.2, 0.25) is 11.8 Å². The maximum Gasteiger partial charge on any atom is 0.481 e. The average Bonchev–Trinajstić information content (AvgIpc) is 3.80. The van der Waals surface area contributed by atoms with E-state index in [0.717, 1.165) is 17.2 Å². The molecular formula is C37H48N7O21P3S. The van der Waals surface area contributed by atoms with Gasteiger partial charge in [0.1, 0.15) is 53.5 Å². The molecule has 1 aliphatic rings. The van der Waals surface area contributed by atoms with E-state index in [9.17, 15) is 77.7 Å². The number of amides is 2. The number of aliphatic hydroxyl groups is 2. The van der Waals surface area contributed by atoms with Gasteiger partial charge in [0.15, 0.2) is 28.6 Å². The van der Waals surface area contributed by atoms with Gasteiger partial charge in [0.05, 0.1) is 43.3 Å². The number of nitrogen functional groups attached to an aromatic ring is 1. The van der Waals surface area contributed by atoms with Crippen LogP contribution in [0, 0.1) is 12.3 Å². The van der Waals surface area contributed by atoms with Crippen LogP contribution in [-0.4, -0.2) is 144 Å². The molecule has 1 saturated heterocycles. The molecule has 4 aromatic rings. The van der Waals surface area contributed by atoms with Gasteiger partial charge >= 0.3 is 23.5 Å². The van der Waals surface area contributed by atoms with Crippen LogP contribution in [0.1, 0.15) is 55.3 Å². The van der Waals surface area contributed by atoms with E-state index in [2.05, 4.69) is 34.4 Å². The molecule has 28 nitrogen and oxygen atoms in total. The summed E-state index contributed by atoms with van der Waals surface area (Å²) in [5, 5.41) is 47.1. The zero-order chi connectivity index (χ0) is 51.2. The van der Waals surface area contributed by atoms with E-state index in [1.165, 1.54) is 19.9 Å². The number of nitrogens with one attached hydrogen (secondary N) is 2. The minimum absolute atomic E-state index is 0.00827.